The third-order valence-electron chi connectivity index (χ3n) is 11.7. The van der Waals surface area contributed by atoms with Crippen LogP contribution in [0.15, 0.2) is 170 Å². The van der Waals surface area contributed by atoms with Crippen molar-refractivity contribution in [3.05, 3.63) is 170 Å². The second-order valence-electron chi connectivity index (χ2n) is 20.3. The summed E-state index contributed by atoms with van der Waals surface area (Å²) in [6, 6.07) is 0. The van der Waals surface area contributed by atoms with Crippen LogP contribution < -0.4 is 0 Å². The van der Waals surface area contributed by atoms with Crippen LogP contribution >= 0.6 is 7.82 Å². The average Bonchev–Trinajstić information content (AvgIpc) is 3.41. The van der Waals surface area contributed by atoms with Crippen molar-refractivity contribution >= 4 is 19.8 Å². The number of unbranched alkanes of at least 4 members (excludes halogenated alkanes) is 10. The fourth-order valence-electron chi connectivity index (χ4n) is 7.21. The molecule has 0 aliphatic heterocycles. The number of carbonyl (C=O) groups is 2. The van der Waals surface area contributed by atoms with E-state index in [9.17, 15) is 19.0 Å². The topological polar surface area (TPSA) is 108 Å². The molecule has 0 fully saturated rings. The fourth-order valence-corrected chi connectivity index (χ4v) is 7.95. The number of ether oxygens (including phenoxy) is 2. The molecule has 0 rings (SSSR count). The predicted molar refractivity (Wildman–Crippen MR) is 334 cm³/mol. The van der Waals surface area contributed by atoms with Gasteiger partial charge in [-0.15, -0.1) is 0 Å². The van der Waals surface area contributed by atoms with Gasteiger partial charge < -0.3 is 18.9 Å². The van der Waals surface area contributed by atoms with Crippen LogP contribution in [0.1, 0.15) is 194 Å². The number of quaternary nitrogens is 1. The number of phosphoric acid groups is 1. The van der Waals surface area contributed by atoms with E-state index in [1.807, 2.05) is 21.1 Å². The molecule has 0 amide bonds. The van der Waals surface area contributed by atoms with Gasteiger partial charge in [-0.05, 0) is 128 Å². The summed E-state index contributed by atoms with van der Waals surface area (Å²) in [4.78, 5) is 35.7. The average molecular weight is 1100 g/mol. The predicted octanol–water partition coefficient (Wildman–Crippen LogP) is 19.0. The molecule has 0 radical (unpaired) electrons. The Kier molecular flexibility index (Phi) is 53.7. The van der Waals surface area contributed by atoms with Crippen molar-refractivity contribution in [1.29, 1.82) is 0 Å². The first-order valence-corrected chi connectivity index (χ1v) is 31.4. The first kappa shape index (κ1) is 73.4. The molecular weight excluding hydrogens is 990 g/mol. The van der Waals surface area contributed by atoms with Gasteiger partial charge >= 0.3 is 19.8 Å². The summed E-state index contributed by atoms with van der Waals surface area (Å²) in [6.07, 6.45) is 87.0. The van der Waals surface area contributed by atoms with Crippen LogP contribution in [0.2, 0.25) is 0 Å². The van der Waals surface area contributed by atoms with E-state index in [-0.39, 0.29) is 26.1 Å². The van der Waals surface area contributed by atoms with Crippen molar-refractivity contribution in [3.8, 4) is 0 Å². The Bertz CT molecular complexity index is 1920. The van der Waals surface area contributed by atoms with Gasteiger partial charge in [0.1, 0.15) is 19.8 Å². The number of phosphoric ester groups is 1. The molecule has 0 aromatic carbocycles. The minimum atomic E-state index is -4.41. The number of rotatable bonds is 52. The van der Waals surface area contributed by atoms with E-state index in [1.54, 1.807) is 0 Å². The summed E-state index contributed by atoms with van der Waals surface area (Å²) in [5, 5.41) is 0. The summed E-state index contributed by atoms with van der Waals surface area (Å²) in [7, 11) is 1.42. The van der Waals surface area contributed by atoms with Gasteiger partial charge in [0.05, 0.1) is 27.7 Å². The van der Waals surface area contributed by atoms with Gasteiger partial charge in [-0.3, -0.25) is 18.6 Å². The summed E-state index contributed by atoms with van der Waals surface area (Å²) < 4.78 is 34.5. The molecular formula is C68H109NO8P+. The van der Waals surface area contributed by atoms with Crippen molar-refractivity contribution in [2.24, 2.45) is 0 Å². The van der Waals surface area contributed by atoms with E-state index in [0.29, 0.717) is 23.9 Å². The van der Waals surface area contributed by atoms with Gasteiger partial charge in [0.15, 0.2) is 6.10 Å². The Morgan fingerprint density at radius 1 is 0.397 bits per heavy atom. The quantitative estimate of drug-likeness (QED) is 0.0211. The van der Waals surface area contributed by atoms with E-state index in [1.165, 1.54) is 0 Å². The number of hydrogen-bond acceptors (Lipinski definition) is 7. The largest absolute Gasteiger partial charge is 0.472 e. The van der Waals surface area contributed by atoms with Gasteiger partial charge in [0, 0.05) is 12.8 Å². The smallest absolute Gasteiger partial charge is 0.462 e. The second kappa shape index (κ2) is 57.1. The molecule has 9 nitrogen and oxygen atoms in total. The van der Waals surface area contributed by atoms with E-state index < -0.39 is 32.5 Å². The Morgan fingerprint density at radius 2 is 0.692 bits per heavy atom. The van der Waals surface area contributed by atoms with Crippen LogP contribution in [0, 0.1) is 0 Å². The van der Waals surface area contributed by atoms with Gasteiger partial charge in [-0.25, -0.2) is 4.57 Å². The second-order valence-corrected chi connectivity index (χ2v) is 21.7. The first-order valence-electron chi connectivity index (χ1n) is 29.9. The van der Waals surface area contributed by atoms with Crippen molar-refractivity contribution in [3.63, 3.8) is 0 Å². The standard InChI is InChI=1S/C68H108NO8P/c1-6-8-10-12-14-16-18-20-22-24-26-28-29-30-31-32-33-34-35-36-37-38-39-41-43-45-47-49-51-53-55-57-59-61-68(71)77-66(65-76-78(72,73)75-63-62-69(3,4)5)64-74-67(70)60-58-56-54-52-50-48-46-44-42-40-27-25-23-21-19-17-15-13-11-9-7-2/h8-11,14-17,20-23,26-28,30-31,33-34,36-37,39-41,44-47,66H,6-7,12-13,18-19,24-25,29,32,35,38,42-43,48-65H2,1-5H3/p+1/b10-8-,11-9-,16-14-,17-15-,22-20-,23-21-,28-26-,31-30-,34-33-,37-36-,40-27-,41-39-,46-44-,47-45-. The molecule has 1 N–H and O–H groups in total. The van der Waals surface area contributed by atoms with E-state index >= 15 is 0 Å². The van der Waals surface area contributed by atoms with Crippen LogP contribution in [0.4, 0.5) is 0 Å². The molecule has 0 aromatic heterocycles. The molecule has 0 spiro atoms. The zero-order chi connectivity index (χ0) is 57.0. The highest BCUT2D eigenvalue weighted by molar-refractivity contribution is 7.47. The van der Waals surface area contributed by atoms with Crippen LogP contribution in [-0.4, -0.2) is 74.9 Å². The van der Waals surface area contributed by atoms with Gasteiger partial charge in [-0.2, -0.15) is 0 Å². The Balaban J connectivity index is 4.30. The SMILES string of the molecule is CC/C=C\C/C=C\C/C=C\C/C=C\C/C=C\C/C=C\C/C=C\C/C=C\C/C=C\CCCCCCCC(=O)OC(COC(=O)CCCCCCC/C=C\C/C=C\C/C=C\C/C=C\C/C=C\CC)COP(=O)(O)OCC[N+](C)(C)C. The number of likely N-dealkylation sites (N-methyl/N-ethyl adjacent to an activating group) is 1. The van der Waals surface area contributed by atoms with E-state index in [4.69, 9.17) is 18.5 Å². The molecule has 0 saturated carbocycles. The maximum absolute atomic E-state index is 12.8. The van der Waals surface area contributed by atoms with Gasteiger partial charge in [0.25, 0.3) is 0 Å². The van der Waals surface area contributed by atoms with Crippen LogP contribution in [0.25, 0.3) is 0 Å². The number of esters is 2. The first-order chi connectivity index (χ1) is 38.0. The number of carbonyl (C=O) groups excluding carboxylic acids is 2. The maximum Gasteiger partial charge on any atom is 0.472 e. The molecule has 78 heavy (non-hydrogen) atoms. The van der Waals surface area contributed by atoms with Crippen molar-refractivity contribution < 1.29 is 42.1 Å². The van der Waals surface area contributed by atoms with Crippen LogP contribution in [-0.2, 0) is 32.7 Å². The lowest BCUT2D eigenvalue weighted by Crippen LogP contribution is -2.37. The summed E-state index contributed by atoms with van der Waals surface area (Å²) in [5.74, 6) is -0.858. The molecule has 0 aliphatic carbocycles. The zero-order valence-corrected chi connectivity index (χ0v) is 50.5. The number of allylic oxidation sites excluding steroid dienone is 28. The minimum Gasteiger partial charge on any atom is -0.462 e. The Hall–Kier alpha value is -4.63. The lowest BCUT2D eigenvalue weighted by Gasteiger charge is -2.24. The highest BCUT2D eigenvalue weighted by Gasteiger charge is 2.27. The lowest BCUT2D eigenvalue weighted by molar-refractivity contribution is -0.870. The van der Waals surface area contributed by atoms with Crippen LogP contribution in [0.3, 0.4) is 0 Å². The number of hydrogen-bond donors (Lipinski definition) is 1. The van der Waals surface area contributed by atoms with Crippen molar-refractivity contribution in [1.82, 2.24) is 0 Å². The van der Waals surface area contributed by atoms with Gasteiger partial charge in [-0.1, -0.05) is 223 Å². The molecule has 438 valence electrons. The highest BCUT2D eigenvalue weighted by atomic mass is 31.2. The monoisotopic (exact) mass is 1100 g/mol. The number of nitrogens with zero attached hydrogens (tertiary/aromatic N) is 1. The molecule has 0 bridgehead atoms. The van der Waals surface area contributed by atoms with E-state index in [2.05, 4.69) is 184 Å². The summed E-state index contributed by atoms with van der Waals surface area (Å²) in [6.45, 7) is 4.12. The zero-order valence-electron chi connectivity index (χ0n) is 49.6. The molecule has 0 heterocycles. The lowest BCUT2D eigenvalue weighted by atomic mass is 10.1. The van der Waals surface area contributed by atoms with Crippen molar-refractivity contribution in [2.75, 3.05) is 47.5 Å². The highest BCUT2D eigenvalue weighted by Crippen LogP contribution is 2.43. The molecule has 0 aliphatic rings. The summed E-state index contributed by atoms with van der Waals surface area (Å²) >= 11 is 0. The van der Waals surface area contributed by atoms with Gasteiger partial charge in [0.2, 0.25) is 0 Å². The fraction of sp³-hybridized carbons (Fsp3) is 0.559. The van der Waals surface area contributed by atoms with E-state index in [0.717, 1.165) is 154 Å². The molecule has 0 aromatic rings. The maximum atomic E-state index is 12.8. The minimum absolute atomic E-state index is 0.0134. The molecule has 2 atom stereocenters. The molecule has 0 saturated heterocycles. The Labute approximate surface area is 477 Å². The van der Waals surface area contributed by atoms with Crippen molar-refractivity contribution in [2.45, 2.75) is 200 Å². The molecule has 2 unspecified atom stereocenters. The third-order valence-corrected chi connectivity index (χ3v) is 12.7. The summed E-state index contributed by atoms with van der Waals surface area (Å²) in [5.41, 5.74) is 0. The Morgan fingerprint density at radius 3 is 1.03 bits per heavy atom. The third kappa shape index (κ3) is 60.6. The van der Waals surface area contributed by atoms with Crippen LogP contribution in [0.5, 0.6) is 0 Å². The molecule has 10 heteroatoms. The normalized spacial score (nSPS) is 14.5.